The van der Waals surface area contributed by atoms with Gasteiger partial charge in [-0.1, -0.05) is 39.0 Å². The molecule has 3 rings (SSSR count). The van der Waals surface area contributed by atoms with Crippen LogP contribution >= 0.6 is 0 Å². The normalized spacial score (nSPS) is 11.3. The molecule has 4 nitrogen and oxygen atoms in total. The molecule has 0 saturated carbocycles. The molecule has 0 aliphatic carbocycles. The number of hydrogen-bond donors (Lipinski definition) is 2. The van der Waals surface area contributed by atoms with E-state index in [-0.39, 0.29) is 11.4 Å². The first-order chi connectivity index (χ1) is 12.3. The van der Waals surface area contributed by atoms with Crippen LogP contribution in [-0.4, -0.2) is 9.97 Å². The van der Waals surface area contributed by atoms with E-state index in [1.54, 1.807) is 12.3 Å². The van der Waals surface area contributed by atoms with Crippen molar-refractivity contribution in [1.29, 1.82) is 0 Å². The first-order valence-corrected chi connectivity index (χ1v) is 8.24. The molecule has 3 aromatic rings. The van der Waals surface area contributed by atoms with Crippen LogP contribution in [0.2, 0.25) is 0 Å². The third-order valence-electron chi connectivity index (χ3n) is 3.83. The van der Waals surface area contributed by atoms with Gasteiger partial charge in [-0.2, -0.15) is 4.98 Å². The van der Waals surface area contributed by atoms with Gasteiger partial charge in [-0.15, -0.1) is 0 Å². The zero-order chi connectivity index (χ0) is 18.7. The molecule has 0 saturated heterocycles. The highest BCUT2D eigenvalue weighted by molar-refractivity contribution is 5.63. The van der Waals surface area contributed by atoms with Crippen molar-refractivity contribution in [3.05, 3.63) is 71.9 Å². The number of aromatic nitrogens is 2. The zero-order valence-electron chi connectivity index (χ0n) is 14.8. The van der Waals surface area contributed by atoms with E-state index in [2.05, 4.69) is 47.4 Å². The Morgan fingerprint density at radius 1 is 0.885 bits per heavy atom. The second kappa shape index (κ2) is 7.07. The number of nitrogens with zero attached hydrogens (tertiary/aromatic N) is 2. The molecule has 0 unspecified atom stereocenters. The molecule has 0 atom stereocenters. The molecular weight excluding hydrogens is 334 g/mol. The highest BCUT2D eigenvalue weighted by Crippen LogP contribution is 2.31. The minimum Gasteiger partial charge on any atom is -0.340 e. The van der Waals surface area contributed by atoms with Gasteiger partial charge in [0.2, 0.25) is 5.95 Å². The first kappa shape index (κ1) is 17.8. The summed E-state index contributed by atoms with van der Waals surface area (Å²) < 4.78 is 26.4. The topological polar surface area (TPSA) is 49.8 Å². The highest BCUT2D eigenvalue weighted by Gasteiger charge is 2.17. The van der Waals surface area contributed by atoms with E-state index in [1.807, 2.05) is 18.2 Å². The predicted octanol–water partition coefficient (Wildman–Crippen LogP) is 5.54. The van der Waals surface area contributed by atoms with Crippen LogP contribution in [0.1, 0.15) is 26.3 Å². The number of para-hydroxylation sites is 1. The van der Waals surface area contributed by atoms with Crippen molar-refractivity contribution in [1.82, 2.24) is 9.97 Å². The standard InChI is InChI=1S/C20H20F2N4/c1-20(2,3)14-6-4-5-7-17(14)25-18-10-11-23-19(26-18)24-13-8-9-15(21)16(22)12-13/h4-12H,1-3H3,(H2,23,24,25,26). The van der Waals surface area contributed by atoms with Crippen molar-refractivity contribution in [2.24, 2.45) is 0 Å². The van der Waals surface area contributed by atoms with E-state index in [1.165, 1.54) is 6.07 Å². The molecule has 0 amide bonds. The largest absolute Gasteiger partial charge is 0.340 e. The molecule has 2 N–H and O–H groups in total. The lowest BCUT2D eigenvalue weighted by Crippen LogP contribution is -2.13. The second-order valence-corrected chi connectivity index (χ2v) is 6.94. The van der Waals surface area contributed by atoms with Gasteiger partial charge in [0.15, 0.2) is 11.6 Å². The van der Waals surface area contributed by atoms with Crippen LogP contribution in [-0.2, 0) is 5.41 Å². The summed E-state index contributed by atoms with van der Waals surface area (Å²) in [6, 6.07) is 13.3. The molecular formula is C20H20F2N4. The van der Waals surface area contributed by atoms with Crippen LogP contribution in [0.3, 0.4) is 0 Å². The Morgan fingerprint density at radius 2 is 1.65 bits per heavy atom. The third kappa shape index (κ3) is 4.14. The molecule has 1 heterocycles. The smallest absolute Gasteiger partial charge is 0.229 e. The zero-order valence-corrected chi connectivity index (χ0v) is 14.8. The summed E-state index contributed by atoms with van der Waals surface area (Å²) in [6.07, 6.45) is 1.59. The van der Waals surface area contributed by atoms with Gasteiger partial charge in [-0.05, 0) is 35.2 Å². The average Bonchev–Trinajstić information content (AvgIpc) is 2.58. The summed E-state index contributed by atoms with van der Waals surface area (Å²) in [5, 5.41) is 6.17. The van der Waals surface area contributed by atoms with Crippen LogP contribution in [0.5, 0.6) is 0 Å². The Balaban J connectivity index is 1.83. The van der Waals surface area contributed by atoms with Gasteiger partial charge in [0.25, 0.3) is 0 Å². The maximum Gasteiger partial charge on any atom is 0.229 e. The summed E-state index contributed by atoms with van der Waals surface area (Å²) in [7, 11) is 0. The summed E-state index contributed by atoms with van der Waals surface area (Å²) in [5.74, 6) is -0.940. The fraction of sp³-hybridized carbons (Fsp3) is 0.200. The molecule has 0 radical (unpaired) electrons. The lowest BCUT2D eigenvalue weighted by Gasteiger charge is -2.23. The average molecular weight is 354 g/mol. The van der Waals surface area contributed by atoms with Crippen molar-refractivity contribution < 1.29 is 8.78 Å². The molecule has 0 spiro atoms. The van der Waals surface area contributed by atoms with Crippen molar-refractivity contribution in [3.63, 3.8) is 0 Å². The van der Waals surface area contributed by atoms with E-state index >= 15 is 0 Å². The van der Waals surface area contributed by atoms with Gasteiger partial charge in [-0.3, -0.25) is 0 Å². The number of benzene rings is 2. The number of hydrogen-bond acceptors (Lipinski definition) is 4. The molecule has 0 aliphatic heterocycles. The molecule has 1 aromatic heterocycles. The van der Waals surface area contributed by atoms with Crippen molar-refractivity contribution in [2.45, 2.75) is 26.2 Å². The fourth-order valence-electron chi connectivity index (χ4n) is 2.58. The van der Waals surface area contributed by atoms with Gasteiger partial charge < -0.3 is 10.6 Å². The highest BCUT2D eigenvalue weighted by atomic mass is 19.2. The predicted molar refractivity (Wildman–Crippen MR) is 100 cm³/mol. The summed E-state index contributed by atoms with van der Waals surface area (Å²) in [5.41, 5.74) is 2.46. The van der Waals surface area contributed by atoms with E-state index in [0.717, 1.165) is 23.4 Å². The lowest BCUT2D eigenvalue weighted by molar-refractivity contribution is 0.509. The molecule has 6 heteroatoms. The molecule has 0 fully saturated rings. The van der Waals surface area contributed by atoms with Crippen LogP contribution in [0.4, 0.5) is 31.9 Å². The van der Waals surface area contributed by atoms with E-state index in [0.29, 0.717) is 11.5 Å². The van der Waals surface area contributed by atoms with Gasteiger partial charge in [0.05, 0.1) is 0 Å². The molecule has 134 valence electrons. The summed E-state index contributed by atoms with van der Waals surface area (Å²) >= 11 is 0. The van der Waals surface area contributed by atoms with Crippen molar-refractivity contribution >= 4 is 23.1 Å². The molecule has 0 bridgehead atoms. The van der Waals surface area contributed by atoms with Crippen LogP contribution < -0.4 is 10.6 Å². The minimum atomic E-state index is -0.927. The van der Waals surface area contributed by atoms with E-state index < -0.39 is 11.6 Å². The maximum absolute atomic E-state index is 13.3. The number of anilines is 4. The second-order valence-electron chi connectivity index (χ2n) is 6.94. The van der Waals surface area contributed by atoms with Crippen LogP contribution in [0.25, 0.3) is 0 Å². The maximum atomic E-state index is 13.3. The van der Waals surface area contributed by atoms with Crippen molar-refractivity contribution in [2.75, 3.05) is 10.6 Å². The number of halogens is 2. The Kier molecular flexibility index (Phi) is 4.84. The van der Waals surface area contributed by atoms with Gasteiger partial charge in [0.1, 0.15) is 5.82 Å². The lowest BCUT2D eigenvalue weighted by atomic mass is 9.86. The van der Waals surface area contributed by atoms with Crippen LogP contribution in [0, 0.1) is 11.6 Å². The SMILES string of the molecule is CC(C)(C)c1ccccc1Nc1ccnc(Nc2ccc(F)c(F)c2)n1. The van der Waals surface area contributed by atoms with E-state index in [9.17, 15) is 8.78 Å². The Bertz CT molecular complexity index is 920. The Morgan fingerprint density at radius 3 is 2.38 bits per heavy atom. The van der Waals surface area contributed by atoms with Crippen LogP contribution in [0.15, 0.2) is 54.7 Å². The number of rotatable bonds is 4. The van der Waals surface area contributed by atoms with Crippen molar-refractivity contribution in [3.8, 4) is 0 Å². The van der Waals surface area contributed by atoms with Gasteiger partial charge >= 0.3 is 0 Å². The van der Waals surface area contributed by atoms with Gasteiger partial charge in [-0.25, -0.2) is 13.8 Å². The molecule has 26 heavy (non-hydrogen) atoms. The summed E-state index contributed by atoms with van der Waals surface area (Å²) in [4.78, 5) is 8.51. The summed E-state index contributed by atoms with van der Waals surface area (Å²) in [6.45, 7) is 6.43. The van der Waals surface area contributed by atoms with E-state index in [4.69, 9.17) is 0 Å². The quantitative estimate of drug-likeness (QED) is 0.646. The Hall–Kier alpha value is -3.02. The first-order valence-electron chi connectivity index (χ1n) is 8.24. The number of nitrogens with one attached hydrogen (secondary N) is 2. The Labute approximate surface area is 151 Å². The molecule has 2 aromatic carbocycles. The minimum absolute atomic E-state index is 0.0245. The van der Waals surface area contributed by atoms with Gasteiger partial charge in [0, 0.05) is 23.6 Å². The monoisotopic (exact) mass is 354 g/mol. The third-order valence-corrected chi connectivity index (χ3v) is 3.83. The fourth-order valence-corrected chi connectivity index (χ4v) is 2.58. The molecule has 0 aliphatic rings.